The lowest BCUT2D eigenvalue weighted by atomic mass is 10.1. The van der Waals surface area contributed by atoms with Gasteiger partial charge < -0.3 is 0 Å². The maximum atomic E-state index is 12.9. The molecular weight excluding hydrogens is 282 g/mol. The molecule has 0 aliphatic carbocycles. The number of aromatic amines is 1. The summed E-state index contributed by atoms with van der Waals surface area (Å²) in [5.41, 5.74) is 1.78. The van der Waals surface area contributed by atoms with Crippen molar-refractivity contribution in [2.75, 3.05) is 0 Å². The van der Waals surface area contributed by atoms with Crippen LogP contribution in [-0.4, -0.2) is 10.2 Å². The zero-order valence-electron chi connectivity index (χ0n) is 6.59. The molecule has 0 saturated heterocycles. The molecule has 0 spiro atoms. The van der Waals surface area contributed by atoms with Crippen LogP contribution >= 0.6 is 22.6 Å². The Bertz CT molecular complexity index is 425. The number of halogens is 2. The summed E-state index contributed by atoms with van der Waals surface area (Å²) in [6.07, 6.45) is 1.69. The lowest BCUT2D eigenvalue weighted by Gasteiger charge is -1.97. The van der Waals surface area contributed by atoms with Crippen LogP contribution in [0.3, 0.4) is 0 Å². The number of aromatic nitrogens is 2. The van der Waals surface area contributed by atoms with Gasteiger partial charge in [0.2, 0.25) is 0 Å². The molecule has 0 radical (unpaired) electrons. The average Bonchev–Trinajstić information content (AvgIpc) is 2.51. The topological polar surface area (TPSA) is 28.7 Å². The highest BCUT2D eigenvalue weighted by Crippen LogP contribution is 2.23. The monoisotopic (exact) mass is 288 g/mol. The van der Waals surface area contributed by atoms with Crippen molar-refractivity contribution in [3.05, 3.63) is 40.0 Å². The van der Waals surface area contributed by atoms with Gasteiger partial charge >= 0.3 is 0 Å². The van der Waals surface area contributed by atoms with Gasteiger partial charge in [-0.1, -0.05) is 12.1 Å². The zero-order chi connectivity index (χ0) is 9.26. The van der Waals surface area contributed by atoms with Crippen molar-refractivity contribution >= 4 is 22.6 Å². The highest BCUT2D eigenvalue weighted by molar-refractivity contribution is 14.1. The van der Waals surface area contributed by atoms with E-state index in [1.54, 1.807) is 12.3 Å². The van der Waals surface area contributed by atoms with E-state index in [2.05, 4.69) is 32.8 Å². The SMILES string of the molecule is Fc1cccc(-c2cn[nH]c2I)c1. The van der Waals surface area contributed by atoms with Crippen LogP contribution in [0.5, 0.6) is 0 Å². The minimum atomic E-state index is -0.227. The van der Waals surface area contributed by atoms with Gasteiger partial charge in [0.15, 0.2) is 0 Å². The first-order valence-electron chi connectivity index (χ1n) is 3.72. The summed E-state index contributed by atoms with van der Waals surface area (Å²) in [5.74, 6) is -0.227. The van der Waals surface area contributed by atoms with E-state index in [0.29, 0.717) is 0 Å². The largest absolute Gasteiger partial charge is 0.272 e. The van der Waals surface area contributed by atoms with Gasteiger partial charge in [-0.3, -0.25) is 5.10 Å². The summed E-state index contributed by atoms with van der Waals surface area (Å²) in [5, 5.41) is 6.67. The molecule has 1 aromatic carbocycles. The minimum Gasteiger partial charge on any atom is -0.272 e. The van der Waals surface area contributed by atoms with Crippen molar-refractivity contribution in [2.45, 2.75) is 0 Å². The fraction of sp³-hybridized carbons (Fsp3) is 0. The van der Waals surface area contributed by atoms with E-state index in [4.69, 9.17) is 0 Å². The molecule has 0 unspecified atom stereocenters. The van der Waals surface area contributed by atoms with Crippen molar-refractivity contribution in [3.8, 4) is 11.1 Å². The van der Waals surface area contributed by atoms with Crippen LogP contribution in [0.2, 0.25) is 0 Å². The molecule has 4 heteroatoms. The van der Waals surface area contributed by atoms with E-state index in [0.717, 1.165) is 14.8 Å². The average molecular weight is 288 g/mol. The molecule has 66 valence electrons. The first-order valence-corrected chi connectivity index (χ1v) is 4.80. The second-order valence-electron chi connectivity index (χ2n) is 2.61. The van der Waals surface area contributed by atoms with Gasteiger partial charge in [0, 0.05) is 5.56 Å². The molecule has 1 aromatic heterocycles. The summed E-state index contributed by atoms with van der Waals surface area (Å²) in [6, 6.07) is 6.47. The van der Waals surface area contributed by atoms with Gasteiger partial charge in [0.05, 0.1) is 6.20 Å². The van der Waals surface area contributed by atoms with Crippen LogP contribution in [0.1, 0.15) is 0 Å². The van der Waals surface area contributed by atoms with Gasteiger partial charge in [-0.2, -0.15) is 5.10 Å². The van der Waals surface area contributed by atoms with Crippen LogP contribution in [0.15, 0.2) is 30.5 Å². The number of rotatable bonds is 1. The second kappa shape index (κ2) is 3.45. The second-order valence-corrected chi connectivity index (χ2v) is 3.69. The van der Waals surface area contributed by atoms with Crippen LogP contribution in [0, 0.1) is 9.52 Å². The standard InChI is InChI=1S/C9H6FIN2/c10-7-3-1-2-6(4-7)8-5-12-13-9(8)11/h1-5H,(H,12,13). The van der Waals surface area contributed by atoms with Crippen molar-refractivity contribution in [1.82, 2.24) is 10.2 Å². The Morgan fingerprint density at radius 1 is 1.38 bits per heavy atom. The van der Waals surface area contributed by atoms with E-state index >= 15 is 0 Å². The number of hydrogen-bond acceptors (Lipinski definition) is 1. The molecule has 2 rings (SSSR count). The Morgan fingerprint density at radius 2 is 2.23 bits per heavy atom. The molecular formula is C9H6FIN2. The van der Waals surface area contributed by atoms with Crippen LogP contribution in [0.25, 0.3) is 11.1 Å². The number of nitrogens with zero attached hydrogens (tertiary/aromatic N) is 1. The van der Waals surface area contributed by atoms with Gasteiger partial charge in [0.1, 0.15) is 9.52 Å². The minimum absolute atomic E-state index is 0.227. The molecule has 1 N–H and O–H groups in total. The maximum absolute atomic E-state index is 12.9. The summed E-state index contributed by atoms with van der Waals surface area (Å²) in [7, 11) is 0. The number of hydrogen-bond donors (Lipinski definition) is 1. The third-order valence-electron chi connectivity index (χ3n) is 1.73. The molecule has 0 atom stereocenters. The molecule has 0 aliphatic heterocycles. The predicted octanol–water partition coefficient (Wildman–Crippen LogP) is 2.82. The van der Waals surface area contributed by atoms with Crippen molar-refractivity contribution < 1.29 is 4.39 Å². The van der Waals surface area contributed by atoms with E-state index in [-0.39, 0.29) is 5.82 Å². The Balaban J connectivity index is 2.53. The zero-order valence-corrected chi connectivity index (χ0v) is 8.75. The highest BCUT2D eigenvalue weighted by Gasteiger charge is 2.04. The number of H-pyrrole nitrogens is 1. The van der Waals surface area contributed by atoms with E-state index in [1.807, 2.05) is 6.07 Å². The lowest BCUT2D eigenvalue weighted by Crippen LogP contribution is -1.79. The Hall–Kier alpha value is -0.910. The van der Waals surface area contributed by atoms with Gasteiger partial charge in [-0.25, -0.2) is 4.39 Å². The summed E-state index contributed by atoms with van der Waals surface area (Å²) in [6.45, 7) is 0. The predicted molar refractivity (Wildman–Crippen MR) is 56.7 cm³/mol. The fourth-order valence-corrected chi connectivity index (χ4v) is 1.72. The first kappa shape index (κ1) is 8.68. The third kappa shape index (κ3) is 1.72. The van der Waals surface area contributed by atoms with Gasteiger partial charge in [-0.05, 0) is 40.3 Å². The van der Waals surface area contributed by atoms with E-state index in [1.165, 1.54) is 12.1 Å². The van der Waals surface area contributed by atoms with Crippen molar-refractivity contribution in [3.63, 3.8) is 0 Å². The van der Waals surface area contributed by atoms with Crippen LogP contribution in [0.4, 0.5) is 4.39 Å². The van der Waals surface area contributed by atoms with Gasteiger partial charge in [0.25, 0.3) is 0 Å². The van der Waals surface area contributed by atoms with Crippen LogP contribution < -0.4 is 0 Å². The molecule has 0 amide bonds. The molecule has 13 heavy (non-hydrogen) atoms. The Labute approximate surface area is 88.3 Å². The molecule has 2 nitrogen and oxygen atoms in total. The van der Waals surface area contributed by atoms with Gasteiger partial charge in [-0.15, -0.1) is 0 Å². The molecule has 2 aromatic rings. The van der Waals surface area contributed by atoms with Crippen molar-refractivity contribution in [1.29, 1.82) is 0 Å². The number of benzene rings is 1. The van der Waals surface area contributed by atoms with E-state index < -0.39 is 0 Å². The van der Waals surface area contributed by atoms with Crippen LogP contribution in [-0.2, 0) is 0 Å². The van der Waals surface area contributed by atoms with E-state index in [9.17, 15) is 4.39 Å². The lowest BCUT2D eigenvalue weighted by molar-refractivity contribution is 0.628. The first-order chi connectivity index (χ1) is 6.27. The van der Waals surface area contributed by atoms with Crippen molar-refractivity contribution in [2.24, 2.45) is 0 Å². The molecule has 0 bridgehead atoms. The fourth-order valence-electron chi connectivity index (χ4n) is 1.13. The maximum Gasteiger partial charge on any atom is 0.123 e. The highest BCUT2D eigenvalue weighted by atomic mass is 127. The molecule has 0 saturated carbocycles. The smallest absolute Gasteiger partial charge is 0.123 e. The normalized spacial score (nSPS) is 10.3. The summed E-state index contributed by atoms with van der Waals surface area (Å²) < 4.78 is 13.8. The Kier molecular flexibility index (Phi) is 2.30. The summed E-state index contributed by atoms with van der Waals surface area (Å²) >= 11 is 2.13. The number of nitrogens with one attached hydrogen (secondary N) is 1. The third-order valence-corrected chi connectivity index (χ3v) is 2.55. The quantitative estimate of drug-likeness (QED) is 0.803. The molecule has 1 heterocycles. The molecule has 0 fully saturated rings. The Morgan fingerprint density at radius 3 is 2.85 bits per heavy atom. The summed E-state index contributed by atoms with van der Waals surface area (Å²) in [4.78, 5) is 0. The molecule has 0 aliphatic rings.